The topological polar surface area (TPSA) is 122 Å². The molecule has 2 atom stereocenters. The van der Waals surface area contributed by atoms with Crippen LogP contribution in [0.1, 0.15) is 52.0 Å². The number of carboxylic acids is 1. The zero-order valence-corrected chi connectivity index (χ0v) is 23.3. The number of hydrogen-bond acceptors (Lipinski definition) is 6. The average Bonchev–Trinajstić information content (AvgIpc) is 2.81. The van der Waals surface area contributed by atoms with Crippen molar-refractivity contribution in [1.82, 2.24) is 9.62 Å². The lowest BCUT2D eigenvalue weighted by Crippen LogP contribution is -2.58. The number of carbonyl (C=O) groups is 2. The zero-order valence-electron chi connectivity index (χ0n) is 22.5. The lowest BCUT2D eigenvalue weighted by Gasteiger charge is -2.41. The van der Waals surface area contributed by atoms with E-state index in [1.54, 1.807) is 25.7 Å². The summed E-state index contributed by atoms with van der Waals surface area (Å²) >= 11 is 0. The number of benzene rings is 2. The van der Waals surface area contributed by atoms with Gasteiger partial charge in [0.05, 0.1) is 18.9 Å². The average molecular weight is 547 g/mol. The summed E-state index contributed by atoms with van der Waals surface area (Å²) in [6, 6.07) is 14.5. The predicted octanol–water partition coefficient (Wildman–Crippen LogP) is 4.46. The zero-order chi connectivity index (χ0) is 27.9. The number of sulfonamides is 1. The first-order valence-corrected chi connectivity index (χ1v) is 14.7. The number of carboxylic acid groups (broad SMARTS) is 1. The molecule has 2 unspecified atom stereocenters. The van der Waals surface area contributed by atoms with E-state index in [0.29, 0.717) is 38.0 Å². The normalized spacial score (nSPS) is 18.2. The van der Waals surface area contributed by atoms with Gasteiger partial charge < -0.3 is 19.5 Å². The molecular weight excluding hydrogens is 508 g/mol. The van der Waals surface area contributed by atoms with Crippen LogP contribution in [-0.4, -0.2) is 67.6 Å². The molecule has 1 amide bonds. The van der Waals surface area contributed by atoms with Crippen LogP contribution in [0.3, 0.4) is 0 Å². The van der Waals surface area contributed by atoms with Crippen LogP contribution in [0.2, 0.25) is 0 Å². The summed E-state index contributed by atoms with van der Waals surface area (Å²) in [5.41, 5.74) is 2.03. The largest absolute Gasteiger partial charge is 0.493 e. The van der Waals surface area contributed by atoms with E-state index in [-0.39, 0.29) is 13.0 Å². The van der Waals surface area contributed by atoms with Crippen LogP contribution in [0.5, 0.6) is 5.75 Å². The number of nitrogens with one attached hydrogen (secondary N) is 1. The molecular formula is C28H38N2O7S. The third-order valence-electron chi connectivity index (χ3n) is 6.13. The highest BCUT2D eigenvalue weighted by Crippen LogP contribution is 2.32. The molecule has 1 heterocycles. The van der Waals surface area contributed by atoms with Gasteiger partial charge in [-0.15, -0.1) is 0 Å². The molecule has 9 nitrogen and oxygen atoms in total. The van der Waals surface area contributed by atoms with Crippen molar-refractivity contribution in [2.45, 2.75) is 70.6 Å². The van der Waals surface area contributed by atoms with Gasteiger partial charge >= 0.3 is 12.1 Å². The smallest absolute Gasteiger partial charge is 0.410 e. The van der Waals surface area contributed by atoms with E-state index in [1.165, 1.54) is 0 Å². The monoisotopic (exact) mass is 546 g/mol. The third-order valence-corrected chi connectivity index (χ3v) is 6.87. The maximum Gasteiger partial charge on any atom is 0.410 e. The highest BCUT2D eigenvalue weighted by Gasteiger charge is 2.37. The van der Waals surface area contributed by atoms with Crippen LogP contribution in [0.15, 0.2) is 48.5 Å². The summed E-state index contributed by atoms with van der Waals surface area (Å²) in [6.07, 6.45) is 2.82. The molecule has 208 valence electrons. The first kappa shape index (κ1) is 29.4. The second-order valence-corrected chi connectivity index (χ2v) is 12.4. The molecule has 0 aliphatic carbocycles. The second-order valence-electron chi connectivity index (χ2n) is 10.6. The van der Waals surface area contributed by atoms with Crippen molar-refractivity contribution in [1.29, 1.82) is 0 Å². The summed E-state index contributed by atoms with van der Waals surface area (Å²) in [5, 5.41) is 8.87. The Bertz CT molecular complexity index is 1220. The molecule has 0 spiro atoms. The van der Waals surface area contributed by atoms with Gasteiger partial charge in [-0.25, -0.2) is 17.9 Å². The summed E-state index contributed by atoms with van der Waals surface area (Å²) < 4.78 is 38.5. The fraction of sp³-hybridized carbons (Fsp3) is 0.500. The molecule has 0 aromatic heterocycles. The second kappa shape index (κ2) is 12.6. The molecule has 10 heteroatoms. The Morgan fingerprint density at radius 1 is 1.13 bits per heavy atom. The predicted molar refractivity (Wildman–Crippen MR) is 146 cm³/mol. The van der Waals surface area contributed by atoms with Crippen molar-refractivity contribution >= 4 is 22.1 Å². The molecule has 2 aromatic rings. The van der Waals surface area contributed by atoms with Crippen LogP contribution in [0, 0.1) is 0 Å². The summed E-state index contributed by atoms with van der Waals surface area (Å²) in [4.78, 5) is 25.5. The van der Waals surface area contributed by atoms with Gasteiger partial charge in [-0.2, -0.15) is 0 Å². The highest BCUT2D eigenvalue weighted by atomic mass is 32.2. The van der Waals surface area contributed by atoms with E-state index in [4.69, 9.17) is 14.6 Å². The van der Waals surface area contributed by atoms with Gasteiger partial charge in [-0.1, -0.05) is 42.5 Å². The maximum atomic E-state index is 13.1. The molecule has 1 fully saturated rings. The Hall–Kier alpha value is -3.11. The first-order valence-electron chi connectivity index (χ1n) is 12.8. The molecule has 3 rings (SSSR count). The van der Waals surface area contributed by atoms with E-state index < -0.39 is 39.8 Å². The number of carbonyl (C=O) groups excluding carboxylic acids is 1. The van der Waals surface area contributed by atoms with Crippen molar-refractivity contribution in [3.8, 4) is 16.9 Å². The number of rotatable bonds is 10. The Morgan fingerprint density at radius 3 is 2.55 bits per heavy atom. The lowest BCUT2D eigenvalue weighted by atomic mass is 9.90. The fourth-order valence-corrected chi connectivity index (χ4v) is 5.44. The van der Waals surface area contributed by atoms with Crippen molar-refractivity contribution in [2.24, 2.45) is 0 Å². The Labute approximate surface area is 225 Å². The van der Waals surface area contributed by atoms with Gasteiger partial charge in [0, 0.05) is 24.6 Å². The first-order chi connectivity index (χ1) is 17.8. The highest BCUT2D eigenvalue weighted by molar-refractivity contribution is 7.88. The van der Waals surface area contributed by atoms with E-state index in [1.807, 2.05) is 48.5 Å². The molecule has 38 heavy (non-hydrogen) atoms. The molecule has 1 aliphatic rings. The number of nitrogens with zero attached hydrogens (tertiary/aromatic N) is 1. The molecule has 1 aliphatic heterocycles. The Balaban J connectivity index is 1.87. The number of amides is 1. The van der Waals surface area contributed by atoms with E-state index in [0.717, 1.165) is 22.9 Å². The van der Waals surface area contributed by atoms with E-state index in [2.05, 4.69) is 4.72 Å². The number of para-hydroxylation sites is 1. The van der Waals surface area contributed by atoms with Crippen LogP contribution in [0.4, 0.5) is 4.79 Å². The summed E-state index contributed by atoms with van der Waals surface area (Å²) in [6.45, 7) is 6.19. The van der Waals surface area contributed by atoms with Gasteiger partial charge in [-0.05, 0) is 63.6 Å². The van der Waals surface area contributed by atoms with Gasteiger partial charge in [-0.3, -0.25) is 4.79 Å². The minimum Gasteiger partial charge on any atom is -0.493 e. The van der Waals surface area contributed by atoms with E-state index >= 15 is 0 Å². The minimum absolute atomic E-state index is 0.0376. The van der Waals surface area contributed by atoms with Gasteiger partial charge in [0.1, 0.15) is 11.4 Å². The third kappa shape index (κ3) is 9.02. The van der Waals surface area contributed by atoms with Crippen molar-refractivity contribution in [3.63, 3.8) is 0 Å². The van der Waals surface area contributed by atoms with Gasteiger partial charge in [0.25, 0.3) is 0 Å². The quantitative estimate of drug-likeness (QED) is 0.422. The van der Waals surface area contributed by atoms with Gasteiger partial charge in [0.2, 0.25) is 10.0 Å². The molecule has 2 N–H and O–H groups in total. The van der Waals surface area contributed by atoms with Crippen LogP contribution in [-0.2, 0) is 26.0 Å². The van der Waals surface area contributed by atoms with Crippen molar-refractivity contribution < 1.29 is 32.6 Å². The number of ether oxygens (including phenoxy) is 2. The van der Waals surface area contributed by atoms with Crippen molar-refractivity contribution in [2.75, 3.05) is 19.4 Å². The number of aliphatic carboxylic acids is 1. The summed E-state index contributed by atoms with van der Waals surface area (Å²) in [7, 11) is -3.49. The molecule has 0 radical (unpaired) electrons. The Kier molecular flexibility index (Phi) is 9.78. The SMILES string of the molecule is CC(C)(C)OC(=O)N1CCCC(NS(C)(=O)=O)C1Cc1cccc(-c2ccccc2OCCCC(=O)O)c1. The summed E-state index contributed by atoms with van der Waals surface area (Å²) in [5.74, 6) is -0.207. The fourth-order valence-electron chi connectivity index (χ4n) is 4.61. The molecule has 0 saturated carbocycles. The molecule has 2 aromatic carbocycles. The molecule has 0 bridgehead atoms. The molecule has 1 saturated heterocycles. The van der Waals surface area contributed by atoms with Crippen LogP contribution < -0.4 is 9.46 Å². The lowest BCUT2D eigenvalue weighted by molar-refractivity contribution is -0.137. The minimum atomic E-state index is -3.49. The van der Waals surface area contributed by atoms with E-state index in [9.17, 15) is 18.0 Å². The number of likely N-dealkylation sites (tertiary alicyclic amines) is 1. The van der Waals surface area contributed by atoms with Crippen LogP contribution in [0.25, 0.3) is 11.1 Å². The standard InChI is InChI=1S/C28H38N2O7S/c1-28(2,3)37-27(33)30-16-8-13-23(29-38(4,34)35)24(30)19-20-10-7-11-21(18-20)22-12-5-6-14-25(22)36-17-9-15-26(31)32/h5-7,10-12,14,18,23-24,29H,8-9,13,15-17,19H2,1-4H3,(H,31,32). The maximum absolute atomic E-state index is 13.1. The number of hydrogen-bond donors (Lipinski definition) is 2. The van der Waals surface area contributed by atoms with Crippen molar-refractivity contribution in [3.05, 3.63) is 54.1 Å². The Morgan fingerprint density at radius 2 is 1.87 bits per heavy atom. The number of piperidine rings is 1. The van der Waals surface area contributed by atoms with Gasteiger partial charge in [0.15, 0.2) is 0 Å². The van der Waals surface area contributed by atoms with Crippen LogP contribution >= 0.6 is 0 Å².